The monoisotopic (exact) mass is 618 g/mol. The first-order chi connectivity index (χ1) is 21.0. The lowest BCUT2D eigenvalue weighted by Gasteiger charge is -2.41. The van der Waals surface area contributed by atoms with Crippen LogP contribution in [-0.4, -0.2) is 78.5 Å². The summed E-state index contributed by atoms with van der Waals surface area (Å²) in [6.07, 6.45) is 0.365. The van der Waals surface area contributed by atoms with E-state index in [1.807, 2.05) is 6.92 Å². The Morgan fingerprint density at radius 3 is 2.70 bits per heavy atom. The van der Waals surface area contributed by atoms with Crippen LogP contribution in [0.5, 0.6) is 5.75 Å². The van der Waals surface area contributed by atoms with Crippen molar-refractivity contribution in [3.05, 3.63) is 63.1 Å². The van der Waals surface area contributed by atoms with Gasteiger partial charge in [-0.25, -0.2) is 13.6 Å². The highest BCUT2D eigenvalue weighted by atomic mass is 19.1. The molecule has 0 radical (unpaired) electrons. The van der Waals surface area contributed by atoms with Gasteiger partial charge in [0.15, 0.2) is 11.3 Å². The molecule has 15 heteroatoms. The Morgan fingerprint density at radius 2 is 2.02 bits per heavy atom. The van der Waals surface area contributed by atoms with Gasteiger partial charge in [-0.15, -0.1) is 0 Å². The molecular formula is C29H32F2N4O9. The molecule has 0 aliphatic carbocycles. The Balaban J connectivity index is 1.60. The second kappa shape index (κ2) is 12.2. The minimum Gasteiger partial charge on any atom is -0.482 e. The number of nitrogens with zero attached hydrogens (tertiary/aromatic N) is 3. The second-order valence-corrected chi connectivity index (χ2v) is 11.0. The summed E-state index contributed by atoms with van der Waals surface area (Å²) in [5.41, 5.74) is -2.89. The van der Waals surface area contributed by atoms with Gasteiger partial charge in [-0.05, 0) is 32.8 Å². The number of oxime groups is 1. The minimum absolute atomic E-state index is 0.0303. The summed E-state index contributed by atoms with van der Waals surface area (Å²) < 4.78 is 49.9. The Bertz CT molecular complexity index is 1580. The van der Waals surface area contributed by atoms with Crippen LogP contribution in [-0.2, 0) is 25.6 Å². The third kappa shape index (κ3) is 5.70. The zero-order valence-electron chi connectivity index (χ0n) is 24.6. The van der Waals surface area contributed by atoms with E-state index in [0.717, 1.165) is 12.1 Å². The maximum atomic E-state index is 14.2. The van der Waals surface area contributed by atoms with Crippen LogP contribution in [0, 0.1) is 11.6 Å². The Hall–Kier alpha value is -4.53. The van der Waals surface area contributed by atoms with Crippen molar-refractivity contribution in [3.8, 4) is 5.75 Å². The van der Waals surface area contributed by atoms with Crippen molar-refractivity contribution in [3.63, 3.8) is 0 Å². The van der Waals surface area contributed by atoms with E-state index in [1.54, 1.807) is 4.90 Å². The summed E-state index contributed by atoms with van der Waals surface area (Å²) >= 11 is 0. The van der Waals surface area contributed by atoms with Crippen molar-refractivity contribution in [1.29, 1.82) is 0 Å². The fourth-order valence-corrected chi connectivity index (χ4v) is 5.75. The number of fused-ring (bicyclic) bond motifs is 5. The summed E-state index contributed by atoms with van der Waals surface area (Å²) in [7, 11) is 2.86. The lowest BCUT2D eigenvalue weighted by Crippen LogP contribution is -2.52. The molecule has 1 aromatic carbocycles. The third-order valence-electron chi connectivity index (χ3n) is 8.08. The quantitative estimate of drug-likeness (QED) is 0.463. The van der Waals surface area contributed by atoms with E-state index >= 15 is 0 Å². The number of methoxy groups -OCH3 is 2. The number of hydrogen-bond donors (Lipinski definition) is 1. The molecule has 1 spiro atoms. The number of halogens is 2. The molecule has 236 valence electrons. The molecule has 1 saturated heterocycles. The van der Waals surface area contributed by atoms with E-state index < -0.39 is 64.1 Å². The van der Waals surface area contributed by atoms with Crippen molar-refractivity contribution < 1.29 is 46.9 Å². The number of carbonyl (C=O) groups is 3. The van der Waals surface area contributed by atoms with Gasteiger partial charge in [-0.3, -0.25) is 14.4 Å². The van der Waals surface area contributed by atoms with E-state index in [2.05, 4.69) is 10.5 Å². The Morgan fingerprint density at radius 1 is 1.25 bits per heavy atom. The first-order valence-electron chi connectivity index (χ1n) is 14.0. The van der Waals surface area contributed by atoms with Crippen molar-refractivity contribution in [1.82, 2.24) is 14.8 Å². The highest BCUT2D eigenvalue weighted by Gasteiger charge is 2.55. The predicted octanol–water partition coefficient (Wildman–Crippen LogP) is 2.91. The van der Waals surface area contributed by atoms with Crippen molar-refractivity contribution in [2.24, 2.45) is 5.16 Å². The molecule has 1 fully saturated rings. The average Bonchev–Trinajstić information content (AvgIpc) is 3.36. The molecule has 5 rings (SSSR count). The van der Waals surface area contributed by atoms with E-state index in [4.69, 9.17) is 23.8 Å². The average molecular weight is 619 g/mol. The molecular weight excluding hydrogens is 586 g/mol. The number of aromatic nitrogens is 1. The van der Waals surface area contributed by atoms with Gasteiger partial charge >= 0.3 is 6.16 Å². The van der Waals surface area contributed by atoms with Crippen LogP contribution >= 0.6 is 0 Å². The largest absolute Gasteiger partial charge is 0.514 e. The topological polar surface area (TPSA) is 147 Å². The summed E-state index contributed by atoms with van der Waals surface area (Å²) in [5, 5.41) is 6.51. The number of benzene rings is 1. The number of nitrogens with one attached hydrogen (secondary N) is 1. The number of carbonyl (C=O) groups excluding carboxylic acids is 3. The maximum absolute atomic E-state index is 14.2. The maximum Gasteiger partial charge on any atom is 0.514 e. The first kappa shape index (κ1) is 30.9. The first-order valence-corrected chi connectivity index (χ1v) is 14.0. The highest BCUT2D eigenvalue weighted by molar-refractivity contribution is 6.00. The zero-order chi connectivity index (χ0) is 31.8. The molecule has 2 amide bonds. The van der Waals surface area contributed by atoms with E-state index in [1.165, 1.54) is 31.9 Å². The Labute approximate surface area is 250 Å². The molecule has 44 heavy (non-hydrogen) atoms. The molecule has 13 nitrogen and oxygen atoms in total. The number of amides is 2. The fraction of sp³-hybridized carbons (Fsp3) is 0.483. The summed E-state index contributed by atoms with van der Waals surface area (Å²) in [4.78, 5) is 61.4. The fourth-order valence-electron chi connectivity index (χ4n) is 5.75. The number of hydrogen-bond acceptors (Lipinski definition) is 10. The van der Waals surface area contributed by atoms with Crippen molar-refractivity contribution in [2.45, 2.75) is 63.4 Å². The predicted molar refractivity (Wildman–Crippen MR) is 148 cm³/mol. The van der Waals surface area contributed by atoms with Gasteiger partial charge in [0.2, 0.25) is 17.1 Å². The van der Waals surface area contributed by atoms with Crippen molar-refractivity contribution >= 4 is 23.9 Å². The summed E-state index contributed by atoms with van der Waals surface area (Å²) in [6.45, 7) is 3.17. The zero-order valence-corrected chi connectivity index (χ0v) is 24.6. The van der Waals surface area contributed by atoms with Crippen molar-refractivity contribution in [2.75, 3.05) is 27.4 Å². The number of pyridine rings is 1. The normalized spacial score (nSPS) is 22.8. The van der Waals surface area contributed by atoms with E-state index in [-0.39, 0.29) is 43.4 Å². The van der Waals surface area contributed by atoms with Gasteiger partial charge in [0.05, 0.1) is 26.2 Å². The van der Waals surface area contributed by atoms with Gasteiger partial charge in [0, 0.05) is 44.1 Å². The molecule has 3 aliphatic rings. The van der Waals surface area contributed by atoms with Gasteiger partial charge in [-0.1, -0.05) is 11.2 Å². The molecule has 2 bridgehead atoms. The summed E-state index contributed by atoms with van der Waals surface area (Å²) in [6, 6.07) is 1.88. The third-order valence-corrected chi connectivity index (χ3v) is 8.08. The van der Waals surface area contributed by atoms with Crippen LogP contribution in [0.15, 0.2) is 34.3 Å². The van der Waals surface area contributed by atoms with Crippen LogP contribution in [0.25, 0.3) is 0 Å². The van der Waals surface area contributed by atoms with E-state index in [0.29, 0.717) is 24.8 Å². The van der Waals surface area contributed by atoms with Gasteiger partial charge in [0.25, 0.3) is 11.8 Å². The lowest BCUT2D eigenvalue weighted by atomic mass is 9.85. The van der Waals surface area contributed by atoms with Crippen LogP contribution in [0.3, 0.4) is 0 Å². The molecule has 4 heterocycles. The molecule has 4 atom stereocenters. The molecule has 1 N–H and O–H groups in total. The van der Waals surface area contributed by atoms with Crippen LogP contribution < -0.4 is 15.5 Å². The SMILES string of the molecule is COC[C@@H](C)OC(=O)Oc1c2n(cc(C(=O)NCc3ccc(F)cc3F)c1=O)[C@@H]1CN(C2=O)[C@@H](C)CC[C@]12CC(OC)=NO2. The van der Waals surface area contributed by atoms with Gasteiger partial charge in [0.1, 0.15) is 23.3 Å². The lowest BCUT2D eigenvalue weighted by molar-refractivity contribution is -0.0655. The Kier molecular flexibility index (Phi) is 8.59. The molecule has 3 aliphatic heterocycles. The standard InChI is InChI=1S/C29H32F2N4O9/c1-15-7-8-29(10-22(41-4)33-44-29)21-13-34(15)27(38)23-25(43-28(39)42-16(2)14-40-3)24(36)19(12-35(21)23)26(37)32-11-17-5-6-18(30)9-20(17)31/h5-6,9,12,15-16,21H,7-8,10-11,13-14H2,1-4H3,(H,32,37)/t15-,16+,21+,29-/m0/s1. The molecule has 2 aromatic rings. The number of ether oxygens (including phenoxy) is 4. The smallest absolute Gasteiger partial charge is 0.482 e. The molecule has 1 aromatic heterocycles. The van der Waals surface area contributed by atoms with E-state index in [9.17, 15) is 28.0 Å². The highest BCUT2D eigenvalue weighted by Crippen LogP contribution is 2.46. The molecule has 0 saturated carbocycles. The molecule has 0 unspecified atom stereocenters. The van der Waals surface area contributed by atoms with Gasteiger partial charge in [-0.2, -0.15) is 0 Å². The van der Waals surface area contributed by atoms with Gasteiger partial charge < -0.3 is 38.6 Å². The number of rotatable bonds is 7. The van der Waals surface area contributed by atoms with Crippen LogP contribution in [0.1, 0.15) is 65.6 Å². The second-order valence-electron chi connectivity index (χ2n) is 11.0. The van der Waals surface area contributed by atoms with Crippen LogP contribution in [0.2, 0.25) is 0 Å². The minimum atomic E-state index is -1.29. The van der Waals surface area contributed by atoms with Crippen LogP contribution in [0.4, 0.5) is 13.6 Å². The summed E-state index contributed by atoms with van der Waals surface area (Å²) in [5.74, 6) is -3.61.